The van der Waals surface area contributed by atoms with Crippen LogP contribution in [0.1, 0.15) is 16.0 Å². The molecule has 11 heteroatoms. The van der Waals surface area contributed by atoms with Gasteiger partial charge in [0.1, 0.15) is 16.5 Å². The van der Waals surface area contributed by atoms with E-state index in [1.807, 2.05) is 5.38 Å². The second-order valence-corrected chi connectivity index (χ2v) is 8.20. The van der Waals surface area contributed by atoms with Crippen molar-refractivity contribution < 1.29 is 30.4 Å². The zero-order chi connectivity index (χ0) is 19.8. The predicted molar refractivity (Wildman–Crippen MR) is 90.1 cm³/mol. The number of hydrogen-bond acceptors (Lipinski definition) is 3. The molecule has 0 amide bonds. The minimum atomic E-state index is -5.10. The molecule has 2 aromatic heterocycles. The average Bonchev–Trinajstić information content (AvgIpc) is 3.21. The molecule has 0 fully saturated rings. The van der Waals surface area contributed by atoms with Crippen molar-refractivity contribution in [1.82, 2.24) is 4.98 Å². The van der Waals surface area contributed by atoms with Crippen LogP contribution in [0.5, 0.6) is 0 Å². The first-order valence-corrected chi connectivity index (χ1v) is 9.71. The van der Waals surface area contributed by atoms with Crippen LogP contribution in [0.15, 0.2) is 46.9 Å². The summed E-state index contributed by atoms with van der Waals surface area (Å²) in [5.41, 5.74) is -2.36. The Morgan fingerprint density at radius 1 is 1.11 bits per heavy atom. The van der Waals surface area contributed by atoms with Gasteiger partial charge in [-0.2, -0.15) is 13.2 Å². The maximum Gasteiger partial charge on any atom is 0.419 e. The van der Waals surface area contributed by atoms with Gasteiger partial charge in [-0.25, -0.2) is 17.2 Å². The van der Waals surface area contributed by atoms with E-state index in [1.165, 1.54) is 17.5 Å². The summed E-state index contributed by atoms with van der Waals surface area (Å²) in [6, 6.07) is 3.67. The van der Waals surface area contributed by atoms with Crippen molar-refractivity contribution in [2.45, 2.75) is 17.5 Å². The van der Waals surface area contributed by atoms with Gasteiger partial charge in [-0.1, -0.05) is 6.07 Å². The van der Waals surface area contributed by atoms with Crippen LogP contribution in [-0.4, -0.2) is 13.4 Å². The zero-order valence-corrected chi connectivity index (χ0v) is 14.9. The molecule has 0 saturated carbocycles. The van der Waals surface area contributed by atoms with Gasteiger partial charge in [0, 0.05) is 29.8 Å². The molecule has 0 unspecified atom stereocenters. The fraction of sp³-hybridized carbons (Fsp3) is 0.125. The molecule has 1 aromatic carbocycles. The number of thiophene rings is 1. The van der Waals surface area contributed by atoms with E-state index in [1.54, 1.807) is 16.9 Å². The lowest BCUT2D eigenvalue weighted by Crippen LogP contribution is -2.16. The summed E-state index contributed by atoms with van der Waals surface area (Å²) in [6.45, 7) is 0. The molecule has 3 aromatic rings. The van der Waals surface area contributed by atoms with E-state index in [2.05, 4.69) is 4.98 Å². The number of benzene rings is 1. The van der Waals surface area contributed by atoms with E-state index in [0.717, 1.165) is 11.1 Å². The fourth-order valence-corrected chi connectivity index (χ4v) is 4.40. The number of aromatic amines is 1. The summed E-state index contributed by atoms with van der Waals surface area (Å²) in [6.07, 6.45) is -2.22. The molecule has 27 heavy (non-hydrogen) atoms. The first kappa shape index (κ1) is 19.4. The van der Waals surface area contributed by atoms with Crippen molar-refractivity contribution in [2.24, 2.45) is 0 Å². The molecule has 0 radical (unpaired) electrons. The molecule has 0 aliphatic rings. The number of halogens is 5. The molecule has 0 aliphatic heterocycles. The smallest absolute Gasteiger partial charge is 0.366 e. The number of anilines is 1. The van der Waals surface area contributed by atoms with Gasteiger partial charge in [-0.3, -0.25) is 4.72 Å². The highest BCUT2D eigenvalue weighted by Crippen LogP contribution is 2.34. The Morgan fingerprint density at radius 2 is 1.85 bits per heavy atom. The predicted octanol–water partition coefficient (Wildman–Crippen LogP) is 4.76. The lowest BCUT2D eigenvalue weighted by molar-refractivity contribution is -0.140. The molecule has 0 atom stereocenters. The number of rotatable bonds is 5. The Bertz CT molecular complexity index is 1060. The number of alkyl halides is 3. The van der Waals surface area contributed by atoms with Crippen molar-refractivity contribution in [3.63, 3.8) is 0 Å². The van der Waals surface area contributed by atoms with Gasteiger partial charge in [0.05, 0.1) is 11.3 Å². The number of sulfonamides is 1. The Kier molecular flexibility index (Phi) is 5.00. The second-order valence-electron chi connectivity index (χ2n) is 5.52. The molecular formula is C16H11F5N2O2S2. The molecular weight excluding hydrogens is 411 g/mol. The Hall–Kier alpha value is -2.40. The standard InChI is InChI=1S/C16H11F5N2O2S2/c17-12-6-14(13(18)5-11(12)16(19,20)21)23-27(24,25)15-8-22-7-9(15)4-10-2-1-3-26-10/h1-3,5-8,22-23H,4H2. The van der Waals surface area contributed by atoms with Gasteiger partial charge < -0.3 is 4.98 Å². The highest BCUT2D eigenvalue weighted by molar-refractivity contribution is 7.92. The molecule has 4 nitrogen and oxygen atoms in total. The van der Waals surface area contributed by atoms with Crippen molar-refractivity contribution >= 4 is 27.0 Å². The van der Waals surface area contributed by atoms with E-state index in [-0.39, 0.29) is 23.4 Å². The summed E-state index contributed by atoms with van der Waals surface area (Å²) in [5.74, 6) is -3.32. The molecule has 0 bridgehead atoms. The van der Waals surface area contributed by atoms with E-state index < -0.39 is 39.1 Å². The van der Waals surface area contributed by atoms with E-state index in [4.69, 9.17) is 0 Å². The van der Waals surface area contributed by atoms with Crippen molar-refractivity contribution in [3.8, 4) is 0 Å². The van der Waals surface area contributed by atoms with E-state index >= 15 is 0 Å². The Labute approximate surface area is 154 Å². The van der Waals surface area contributed by atoms with E-state index in [0.29, 0.717) is 5.56 Å². The maximum atomic E-state index is 13.9. The minimum absolute atomic E-state index is 0.0864. The summed E-state index contributed by atoms with van der Waals surface area (Å²) >= 11 is 1.41. The van der Waals surface area contributed by atoms with Crippen LogP contribution in [0.2, 0.25) is 0 Å². The third-order valence-electron chi connectivity index (χ3n) is 3.63. The van der Waals surface area contributed by atoms with E-state index in [9.17, 15) is 30.4 Å². The molecule has 2 heterocycles. The lowest BCUT2D eigenvalue weighted by atomic mass is 10.2. The van der Waals surface area contributed by atoms with Crippen LogP contribution in [0.4, 0.5) is 27.6 Å². The SMILES string of the molecule is O=S(=O)(Nc1cc(F)c(C(F)(F)F)cc1F)c1c[nH]cc1Cc1cccs1. The number of nitrogens with one attached hydrogen (secondary N) is 2. The summed E-state index contributed by atoms with van der Waals surface area (Å²) in [5, 5.41) is 1.81. The molecule has 3 rings (SSSR count). The Morgan fingerprint density at radius 3 is 2.48 bits per heavy atom. The van der Waals surface area contributed by atoms with Gasteiger partial charge in [-0.05, 0) is 23.1 Å². The highest BCUT2D eigenvalue weighted by atomic mass is 32.2. The first-order valence-electron chi connectivity index (χ1n) is 7.35. The number of H-pyrrole nitrogens is 1. The van der Waals surface area contributed by atoms with Gasteiger partial charge in [0.25, 0.3) is 10.0 Å². The molecule has 144 valence electrons. The third kappa shape index (κ3) is 4.14. The maximum absolute atomic E-state index is 13.9. The van der Waals surface area contributed by atoms with Crippen LogP contribution in [0.25, 0.3) is 0 Å². The largest absolute Gasteiger partial charge is 0.419 e. The van der Waals surface area contributed by atoms with Crippen LogP contribution < -0.4 is 4.72 Å². The van der Waals surface area contributed by atoms with Crippen LogP contribution in [0, 0.1) is 11.6 Å². The first-order chi connectivity index (χ1) is 12.6. The topological polar surface area (TPSA) is 62.0 Å². The van der Waals surface area contributed by atoms with Gasteiger partial charge in [0.2, 0.25) is 0 Å². The van der Waals surface area contributed by atoms with Crippen LogP contribution in [0.3, 0.4) is 0 Å². The molecule has 0 saturated heterocycles. The molecule has 2 N–H and O–H groups in total. The fourth-order valence-electron chi connectivity index (χ4n) is 2.41. The van der Waals surface area contributed by atoms with Crippen molar-refractivity contribution in [1.29, 1.82) is 0 Å². The van der Waals surface area contributed by atoms with Crippen LogP contribution >= 0.6 is 11.3 Å². The lowest BCUT2D eigenvalue weighted by Gasteiger charge is -2.13. The van der Waals surface area contributed by atoms with Crippen molar-refractivity contribution in [2.75, 3.05) is 4.72 Å². The van der Waals surface area contributed by atoms with Gasteiger partial charge in [-0.15, -0.1) is 11.3 Å². The monoisotopic (exact) mass is 422 g/mol. The Balaban J connectivity index is 1.92. The van der Waals surface area contributed by atoms with Gasteiger partial charge in [0.15, 0.2) is 0 Å². The quantitative estimate of drug-likeness (QED) is 0.582. The number of aromatic nitrogens is 1. The minimum Gasteiger partial charge on any atom is -0.366 e. The normalized spacial score (nSPS) is 12.3. The van der Waals surface area contributed by atoms with Gasteiger partial charge >= 0.3 is 6.18 Å². The summed E-state index contributed by atoms with van der Waals surface area (Å²) in [7, 11) is -4.36. The molecule has 0 spiro atoms. The summed E-state index contributed by atoms with van der Waals surface area (Å²) < 4.78 is 92.2. The summed E-state index contributed by atoms with van der Waals surface area (Å²) in [4.78, 5) is 3.29. The van der Waals surface area contributed by atoms with Crippen molar-refractivity contribution in [3.05, 3.63) is 69.7 Å². The second kappa shape index (κ2) is 6.97. The highest BCUT2D eigenvalue weighted by Gasteiger charge is 2.35. The third-order valence-corrected chi connectivity index (χ3v) is 5.95. The average molecular weight is 422 g/mol. The number of hydrogen-bond donors (Lipinski definition) is 2. The zero-order valence-electron chi connectivity index (χ0n) is 13.3. The van der Waals surface area contributed by atoms with Crippen LogP contribution in [-0.2, 0) is 22.6 Å². The molecule has 0 aliphatic carbocycles.